The van der Waals surface area contributed by atoms with E-state index in [0.29, 0.717) is 5.92 Å². The van der Waals surface area contributed by atoms with E-state index in [-0.39, 0.29) is 24.3 Å². The molecule has 0 aliphatic carbocycles. The van der Waals surface area contributed by atoms with Crippen LogP contribution in [-0.4, -0.2) is 72.5 Å². The Labute approximate surface area is 196 Å². The smallest absolute Gasteiger partial charge is 0.324 e. The molecular formula is C25H31ClN4O2. The van der Waals surface area contributed by atoms with Gasteiger partial charge >= 0.3 is 6.03 Å². The number of hydrogen-bond donors (Lipinski definition) is 0. The Kier molecular flexibility index (Phi) is 7.01. The number of urea groups is 1. The molecule has 0 N–H and O–H groups in total. The minimum Gasteiger partial charge on any atom is -0.334 e. The molecule has 7 heteroatoms. The van der Waals surface area contributed by atoms with Gasteiger partial charge < -0.3 is 14.7 Å². The van der Waals surface area contributed by atoms with Crippen LogP contribution < -0.4 is 4.90 Å². The topological polar surface area (TPSA) is 47.1 Å². The summed E-state index contributed by atoms with van der Waals surface area (Å²) < 4.78 is 0. The first kappa shape index (κ1) is 22.6. The lowest BCUT2D eigenvalue weighted by Crippen LogP contribution is -2.43. The van der Waals surface area contributed by atoms with Crippen molar-refractivity contribution >= 4 is 30.0 Å². The Morgan fingerprint density at radius 3 is 2.25 bits per heavy atom. The molecule has 0 aromatic heterocycles. The summed E-state index contributed by atoms with van der Waals surface area (Å²) in [6.45, 7) is 6.97. The molecule has 2 aromatic rings. The number of carbonyl (C=O) groups excluding carboxylic acids is 2. The third kappa shape index (κ3) is 4.62. The van der Waals surface area contributed by atoms with Gasteiger partial charge in [-0.1, -0.05) is 36.4 Å². The summed E-state index contributed by atoms with van der Waals surface area (Å²) in [5.74, 6) is 0.755. The van der Waals surface area contributed by atoms with Gasteiger partial charge in [-0.2, -0.15) is 0 Å². The average Bonchev–Trinajstić information content (AvgIpc) is 3.33. The molecule has 3 amide bonds. The largest absolute Gasteiger partial charge is 0.334 e. The highest BCUT2D eigenvalue weighted by atomic mass is 35.5. The Morgan fingerprint density at radius 2 is 1.50 bits per heavy atom. The zero-order valence-corrected chi connectivity index (χ0v) is 19.2. The molecule has 3 heterocycles. The fourth-order valence-corrected chi connectivity index (χ4v) is 5.07. The number of piperidine rings is 1. The Hall–Kier alpha value is -2.57. The van der Waals surface area contributed by atoms with Gasteiger partial charge in [0.05, 0.1) is 0 Å². The lowest BCUT2D eigenvalue weighted by Gasteiger charge is -2.34. The van der Waals surface area contributed by atoms with Crippen LogP contribution in [-0.2, 0) is 6.54 Å². The summed E-state index contributed by atoms with van der Waals surface area (Å²) in [7, 11) is 0. The first-order chi connectivity index (χ1) is 15.2. The molecule has 0 spiro atoms. The Morgan fingerprint density at radius 1 is 0.781 bits per heavy atom. The van der Waals surface area contributed by atoms with Crippen LogP contribution in [0.2, 0.25) is 0 Å². The van der Waals surface area contributed by atoms with Crippen molar-refractivity contribution in [3.05, 3.63) is 65.7 Å². The summed E-state index contributed by atoms with van der Waals surface area (Å²) in [5, 5.41) is 0. The van der Waals surface area contributed by atoms with Gasteiger partial charge in [-0.25, -0.2) is 4.79 Å². The van der Waals surface area contributed by atoms with E-state index in [1.807, 2.05) is 63.2 Å². The van der Waals surface area contributed by atoms with Crippen LogP contribution in [0.15, 0.2) is 54.6 Å². The van der Waals surface area contributed by atoms with Crippen molar-refractivity contribution in [3.63, 3.8) is 0 Å². The molecule has 3 aliphatic heterocycles. The zero-order chi connectivity index (χ0) is 21.2. The maximum atomic E-state index is 12.7. The second kappa shape index (κ2) is 9.92. The van der Waals surface area contributed by atoms with Crippen molar-refractivity contribution in [2.24, 2.45) is 5.92 Å². The van der Waals surface area contributed by atoms with Crippen molar-refractivity contribution < 1.29 is 9.59 Å². The van der Waals surface area contributed by atoms with Gasteiger partial charge in [-0.15, -0.1) is 12.4 Å². The maximum Gasteiger partial charge on any atom is 0.324 e. The van der Waals surface area contributed by atoms with Gasteiger partial charge in [0.1, 0.15) is 0 Å². The van der Waals surface area contributed by atoms with Crippen LogP contribution in [0.4, 0.5) is 10.5 Å². The SMILES string of the molecule is Cl.O=C1c2ccccc2CN1CC1CCN(CCN2CCN(c3ccccc3)C2=O)CC1. The van der Waals surface area contributed by atoms with E-state index in [1.54, 1.807) is 0 Å². The van der Waals surface area contributed by atoms with E-state index in [4.69, 9.17) is 0 Å². The monoisotopic (exact) mass is 454 g/mol. The number of halogens is 1. The summed E-state index contributed by atoms with van der Waals surface area (Å²) >= 11 is 0. The van der Waals surface area contributed by atoms with Crippen molar-refractivity contribution in [1.29, 1.82) is 0 Å². The van der Waals surface area contributed by atoms with E-state index in [2.05, 4.69) is 11.0 Å². The van der Waals surface area contributed by atoms with E-state index in [0.717, 1.165) is 82.0 Å². The van der Waals surface area contributed by atoms with Gasteiger partial charge in [0.15, 0.2) is 0 Å². The number of hydrogen-bond acceptors (Lipinski definition) is 3. The predicted molar refractivity (Wildman–Crippen MR) is 128 cm³/mol. The van der Waals surface area contributed by atoms with E-state index >= 15 is 0 Å². The zero-order valence-electron chi connectivity index (χ0n) is 18.4. The highest BCUT2D eigenvalue weighted by Gasteiger charge is 2.32. The average molecular weight is 455 g/mol. The molecule has 0 saturated carbocycles. The molecule has 5 rings (SSSR count). The molecule has 2 fully saturated rings. The van der Waals surface area contributed by atoms with Crippen LogP contribution in [0, 0.1) is 5.92 Å². The van der Waals surface area contributed by atoms with E-state index < -0.39 is 0 Å². The van der Waals surface area contributed by atoms with Crippen LogP contribution in [0.1, 0.15) is 28.8 Å². The lowest BCUT2D eigenvalue weighted by molar-refractivity contribution is 0.0712. The molecule has 0 unspecified atom stereocenters. The van der Waals surface area contributed by atoms with Crippen molar-refractivity contribution in [2.45, 2.75) is 19.4 Å². The molecule has 2 saturated heterocycles. The summed E-state index contributed by atoms with van der Waals surface area (Å²) in [6, 6.07) is 18.0. The summed E-state index contributed by atoms with van der Waals surface area (Å²) in [6.07, 6.45) is 2.23. The molecule has 170 valence electrons. The Bertz CT molecular complexity index is 946. The van der Waals surface area contributed by atoms with Gasteiger partial charge in [0.2, 0.25) is 0 Å². The first-order valence-electron chi connectivity index (χ1n) is 11.4. The van der Waals surface area contributed by atoms with Gasteiger partial charge in [0.25, 0.3) is 5.91 Å². The number of amides is 3. The number of anilines is 1. The summed E-state index contributed by atoms with van der Waals surface area (Å²) in [5.41, 5.74) is 3.01. The van der Waals surface area contributed by atoms with Crippen molar-refractivity contribution in [1.82, 2.24) is 14.7 Å². The van der Waals surface area contributed by atoms with Crippen molar-refractivity contribution in [3.8, 4) is 0 Å². The number of nitrogens with zero attached hydrogens (tertiary/aromatic N) is 4. The molecule has 2 aromatic carbocycles. The normalized spacial score (nSPS) is 19.4. The number of rotatable bonds is 6. The molecule has 0 bridgehead atoms. The second-order valence-electron chi connectivity index (χ2n) is 8.88. The first-order valence-corrected chi connectivity index (χ1v) is 11.4. The minimum atomic E-state index is 0. The Balaban J connectivity index is 0.00000245. The van der Waals surface area contributed by atoms with Crippen LogP contribution in [0.3, 0.4) is 0 Å². The third-order valence-corrected chi connectivity index (χ3v) is 6.93. The number of carbonyl (C=O) groups is 2. The van der Waals surface area contributed by atoms with Gasteiger partial charge in [-0.3, -0.25) is 9.69 Å². The standard InChI is InChI=1S/C25H30N4O2.ClH/c30-24-23-9-5-4-6-21(23)19-28(24)18-20-10-12-26(13-11-20)14-15-27-16-17-29(25(27)31)22-7-2-1-3-8-22;/h1-9,20H,10-19H2;1H. The number of benzene rings is 2. The molecule has 3 aliphatic rings. The fraction of sp³-hybridized carbons (Fsp3) is 0.440. The lowest BCUT2D eigenvalue weighted by atomic mass is 9.96. The number of para-hydroxylation sites is 1. The quantitative estimate of drug-likeness (QED) is 0.668. The van der Waals surface area contributed by atoms with Crippen LogP contribution in [0.5, 0.6) is 0 Å². The molecule has 6 nitrogen and oxygen atoms in total. The highest BCUT2D eigenvalue weighted by molar-refractivity contribution is 5.98. The molecule has 0 radical (unpaired) electrons. The van der Waals surface area contributed by atoms with Crippen LogP contribution >= 0.6 is 12.4 Å². The van der Waals surface area contributed by atoms with E-state index in [9.17, 15) is 9.59 Å². The second-order valence-corrected chi connectivity index (χ2v) is 8.88. The molecule has 32 heavy (non-hydrogen) atoms. The minimum absolute atomic E-state index is 0. The fourth-order valence-electron chi connectivity index (χ4n) is 5.07. The van der Waals surface area contributed by atoms with Crippen molar-refractivity contribution in [2.75, 3.05) is 50.7 Å². The van der Waals surface area contributed by atoms with Crippen LogP contribution in [0.25, 0.3) is 0 Å². The number of fused-ring (bicyclic) bond motifs is 1. The van der Waals surface area contributed by atoms with Gasteiger partial charge in [-0.05, 0) is 55.6 Å². The predicted octanol–water partition coefficient (Wildman–Crippen LogP) is 3.72. The molecular weight excluding hydrogens is 424 g/mol. The highest BCUT2D eigenvalue weighted by Crippen LogP contribution is 2.26. The van der Waals surface area contributed by atoms with Gasteiger partial charge in [0, 0.05) is 50.5 Å². The van der Waals surface area contributed by atoms with E-state index in [1.165, 1.54) is 0 Å². The molecule has 0 atom stereocenters. The summed E-state index contributed by atoms with van der Waals surface area (Å²) in [4.78, 5) is 33.7. The number of likely N-dealkylation sites (tertiary alicyclic amines) is 1. The third-order valence-electron chi connectivity index (χ3n) is 6.93. The maximum absolute atomic E-state index is 12.7.